The third kappa shape index (κ3) is 3.45. The van der Waals surface area contributed by atoms with Gasteiger partial charge in [0.25, 0.3) is 5.91 Å². The molecule has 0 radical (unpaired) electrons. The van der Waals surface area contributed by atoms with Crippen LogP contribution in [0.4, 0.5) is 0 Å². The van der Waals surface area contributed by atoms with Crippen molar-refractivity contribution in [3.63, 3.8) is 0 Å². The van der Waals surface area contributed by atoms with E-state index in [2.05, 4.69) is 9.68 Å². The third-order valence-corrected chi connectivity index (χ3v) is 2.72. The first kappa shape index (κ1) is 12.4. The summed E-state index contributed by atoms with van der Waals surface area (Å²) >= 11 is 0. The van der Waals surface area contributed by atoms with Crippen molar-refractivity contribution in [1.82, 2.24) is 10.1 Å². The number of carbonyl (C=O) groups is 1. The number of rotatable bonds is 1. The molecule has 4 heteroatoms. The summed E-state index contributed by atoms with van der Waals surface area (Å²) in [5.74, 6) is -0.0127. The molecule has 1 aliphatic rings. The largest absolute Gasteiger partial charge is 0.364 e. The Morgan fingerprint density at radius 2 is 1.61 bits per heavy atom. The lowest BCUT2D eigenvalue weighted by atomic mass is 10.4. The molecule has 4 nitrogen and oxygen atoms in total. The first-order valence-electron chi connectivity index (χ1n) is 6.07. The van der Waals surface area contributed by atoms with Crippen LogP contribution >= 0.6 is 0 Å². The van der Waals surface area contributed by atoms with Gasteiger partial charge in [-0.2, -0.15) is 0 Å². The molecule has 94 valence electrons. The number of likely N-dealkylation sites (tertiary alicyclic amines) is 1. The number of amides is 1. The second-order valence-corrected chi connectivity index (χ2v) is 4.04. The standard InChI is InChI=1S/C8H10N2O2.C6H6/c11-8(7-3-6-12-9-7)10-4-1-2-5-10;1-2-4-6-5-3-1/h3,6H,1-2,4-5H2;1-6H. The summed E-state index contributed by atoms with van der Waals surface area (Å²) in [7, 11) is 0. The summed E-state index contributed by atoms with van der Waals surface area (Å²) in [4.78, 5) is 13.3. The molecule has 0 N–H and O–H groups in total. The van der Waals surface area contributed by atoms with Gasteiger partial charge in [-0.3, -0.25) is 4.79 Å². The zero-order chi connectivity index (χ0) is 12.6. The Hall–Kier alpha value is -2.10. The Bertz CT molecular complexity index is 421. The number of hydrogen-bond donors (Lipinski definition) is 0. The van der Waals surface area contributed by atoms with Crippen LogP contribution in [0.25, 0.3) is 0 Å². The zero-order valence-corrected chi connectivity index (χ0v) is 10.2. The fourth-order valence-electron chi connectivity index (χ4n) is 1.79. The van der Waals surface area contributed by atoms with Gasteiger partial charge in [-0.25, -0.2) is 0 Å². The van der Waals surface area contributed by atoms with Crippen LogP contribution < -0.4 is 0 Å². The Morgan fingerprint density at radius 1 is 1.06 bits per heavy atom. The fourth-order valence-corrected chi connectivity index (χ4v) is 1.79. The van der Waals surface area contributed by atoms with Crippen molar-refractivity contribution in [1.29, 1.82) is 0 Å². The van der Waals surface area contributed by atoms with E-state index in [9.17, 15) is 4.79 Å². The molecule has 0 atom stereocenters. The van der Waals surface area contributed by atoms with Gasteiger partial charge in [0, 0.05) is 19.2 Å². The Balaban J connectivity index is 0.000000169. The van der Waals surface area contributed by atoms with E-state index in [1.807, 2.05) is 36.4 Å². The molecule has 1 saturated heterocycles. The van der Waals surface area contributed by atoms with Gasteiger partial charge in [-0.15, -0.1) is 0 Å². The van der Waals surface area contributed by atoms with Crippen molar-refractivity contribution < 1.29 is 9.32 Å². The molecular formula is C14H16N2O2. The summed E-state index contributed by atoms with van der Waals surface area (Å²) in [6.07, 6.45) is 3.62. The SMILES string of the molecule is O=C(c1ccon1)N1CCCC1.c1ccccc1. The lowest BCUT2D eigenvalue weighted by molar-refractivity contribution is 0.0782. The van der Waals surface area contributed by atoms with Crippen LogP contribution in [0.5, 0.6) is 0 Å². The highest BCUT2D eigenvalue weighted by molar-refractivity contribution is 5.92. The summed E-state index contributed by atoms with van der Waals surface area (Å²) in [6.45, 7) is 1.71. The highest BCUT2D eigenvalue weighted by Gasteiger charge is 2.20. The highest BCUT2D eigenvalue weighted by Crippen LogP contribution is 2.10. The van der Waals surface area contributed by atoms with Gasteiger partial charge < -0.3 is 9.42 Å². The van der Waals surface area contributed by atoms with Crippen LogP contribution in [-0.2, 0) is 0 Å². The van der Waals surface area contributed by atoms with Crippen LogP contribution in [0.1, 0.15) is 23.3 Å². The second kappa shape index (κ2) is 6.59. The quantitative estimate of drug-likeness (QED) is 0.774. The highest BCUT2D eigenvalue weighted by atomic mass is 16.5. The predicted octanol–water partition coefficient (Wildman–Crippen LogP) is 2.60. The Kier molecular flexibility index (Phi) is 4.53. The molecule has 1 amide bonds. The molecule has 0 bridgehead atoms. The lowest BCUT2D eigenvalue weighted by Gasteiger charge is -2.11. The van der Waals surface area contributed by atoms with E-state index < -0.39 is 0 Å². The number of benzene rings is 1. The predicted molar refractivity (Wildman–Crippen MR) is 68.1 cm³/mol. The molecule has 0 unspecified atom stereocenters. The molecule has 18 heavy (non-hydrogen) atoms. The molecule has 0 aliphatic carbocycles. The van der Waals surface area contributed by atoms with Crippen molar-refractivity contribution >= 4 is 5.91 Å². The molecule has 2 aromatic rings. The molecule has 1 aliphatic heterocycles. The maximum Gasteiger partial charge on any atom is 0.276 e. The average molecular weight is 244 g/mol. The van der Waals surface area contributed by atoms with E-state index in [1.54, 1.807) is 11.0 Å². The van der Waals surface area contributed by atoms with Gasteiger partial charge in [0.1, 0.15) is 6.26 Å². The molecule has 0 saturated carbocycles. The van der Waals surface area contributed by atoms with Crippen LogP contribution in [0, 0.1) is 0 Å². The fraction of sp³-hybridized carbons (Fsp3) is 0.286. The number of nitrogens with zero attached hydrogens (tertiary/aromatic N) is 2. The molecular weight excluding hydrogens is 228 g/mol. The maximum atomic E-state index is 11.5. The second-order valence-electron chi connectivity index (χ2n) is 4.04. The van der Waals surface area contributed by atoms with E-state index in [0.717, 1.165) is 25.9 Å². The van der Waals surface area contributed by atoms with Crippen LogP contribution in [0.2, 0.25) is 0 Å². The van der Waals surface area contributed by atoms with Crippen LogP contribution in [0.3, 0.4) is 0 Å². The van der Waals surface area contributed by atoms with Crippen molar-refractivity contribution in [3.05, 3.63) is 54.4 Å². The molecule has 1 fully saturated rings. The Morgan fingerprint density at radius 3 is 2.06 bits per heavy atom. The average Bonchev–Trinajstić information content (AvgIpc) is 3.14. The molecule has 3 rings (SSSR count). The maximum absolute atomic E-state index is 11.5. The van der Waals surface area contributed by atoms with Crippen molar-refractivity contribution in [2.24, 2.45) is 0 Å². The third-order valence-electron chi connectivity index (χ3n) is 2.72. The lowest BCUT2D eigenvalue weighted by Crippen LogP contribution is -2.27. The van der Waals surface area contributed by atoms with Crippen molar-refractivity contribution in [2.75, 3.05) is 13.1 Å². The first-order chi connectivity index (χ1) is 8.88. The normalized spacial score (nSPS) is 13.9. The van der Waals surface area contributed by atoms with Gasteiger partial charge in [0.15, 0.2) is 5.69 Å². The molecule has 1 aromatic heterocycles. The van der Waals surface area contributed by atoms with E-state index in [0.29, 0.717) is 5.69 Å². The smallest absolute Gasteiger partial charge is 0.276 e. The summed E-state index contributed by atoms with van der Waals surface area (Å²) in [5, 5.41) is 3.59. The number of aromatic nitrogens is 1. The van der Waals surface area contributed by atoms with Gasteiger partial charge >= 0.3 is 0 Å². The first-order valence-corrected chi connectivity index (χ1v) is 6.07. The number of carbonyl (C=O) groups excluding carboxylic acids is 1. The minimum Gasteiger partial charge on any atom is -0.364 e. The zero-order valence-electron chi connectivity index (χ0n) is 10.2. The van der Waals surface area contributed by atoms with Crippen LogP contribution in [0.15, 0.2) is 53.3 Å². The Labute approximate surface area is 106 Å². The van der Waals surface area contributed by atoms with E-state index in [-0.39, 0.29) is 5.91 Å². The van der Waals surface area contributed by atoms with Gasteiger partial charge in [-0.05, 0) is 12.8 Å². The summed E-state index contributed by atoms with van der Waals surface area (Å²) in [6, 6.07) is 13.6. The molecule has 2 heterocycles. The molecule has 1 aromatic carbocycles. The minimum absolute atomic E-state index is 0.0127. The van der Waals surface area contributed by atoms with E-state index in [4.69, 9.17) is 0 Å². The van der Waals surface area contributed by atoms with Gasteiger partial charge in [0.05, 0.1) is 0 Å². The summed E-state index contributed by atoms with van der Waals surface area (Å²) < 4.78 is 4.60. The van der Waals surface area contributed by atoms with Crippen LogP contribution in [-0.4, -0.2) is 29.1 Å². The molecule has 0 spiro atoms. The van der Waals surface area contributed by atoms with Gasteiger partial charge in [-0.1, -0.05) is 41.6 Å². The summed E-state index contributed by atoms with van der Waals surface area (Å²) in [5.41, 5.74) is 0.414. The minimum atomic E-state index is -0.0127. The van der Waals surface area contributed by atoms with E-state index in [1.165, 1.54) is 6.26 Å². The number of hydrogen-bond acceptors (Lipinski definition) is 3. The van der Waals surface area contributed by atoms with Crippen molar-refractivity contribution in [2.45, 2.75) is 12.8 Å². The topological polar surface area (TPSA) is 46.3 Å². The van der Waals surface area contributed by atoms with Crippen molar-refractivity contribution in [3.8, 4) is 0 Å². The monoisotopic (exact) mass is 244 g/mol. The van der Waals surface area contributed by atoms with Gasteiger partial charge in [0.2, 0.25) is 0 Å². The van der Waals surface area contributed by atoms with E-state index >= 15 is 0 Å².